The van der Waals surface area contributed by atoms with Crippen LogP contribution in [0.1, 0.15) is 20.3 Å². The first-order valence-corrected chi connectivity index (χ1v) is 6.53. The molecule has 1 unspecified atom stereocenters. The van der Waals surface area contributed by atoms with Crippen LogP contribution >= 0.6 is 0 Å². The Balaban J connectivity index is 1.84. The van der Waals surface area contributed by atoms with Crippen LogP contribution in [0.5, 0.6) is 11.5 Å². The van der Waals surface area contributed by atoms with Crippen molar-refractivity contribution < 1.29 is 19.1 Å². The Morgan fingerprint density at radius 2 is 1.95 bits per heavy atom. The molecular formula is C14H18N2O4. The number of carbonyl (C=O) groups is 2. The molecule has 1 heterocycles. The van der Waals surface area contributed by atoms with Crippen molar-refractivity contribution in [1.82, 2.24) is 10.9 Å². The van der Waals surface area contributed by atoms with Gasteiger partial charge in [-0.05, 0) is 18.1 Å². The largest absolute Gasteiger partial charge is 0.485 e. The first kappa shape index (κ1) is 14.2. The van der Waals surface area contributed by atoms with Gasteiger partial charge in [0, 0.05) is 6.42 Å². The summed E-state index contributed by atoms with van der Waals surface area (Å²) in [6, 6.07) is 7.13. The summed E-state index contributed by atoms with van der Waals surface area (Å²) in [7, 11) is 0. The molecule has 0 aromatic heterocycles. The average molecular weight is 278 g/mol. The van der Waals surface area contributed by atoms with Crippen LogP contribution in [-0.4, -0.2) is 24.5 Å². The van der Waals surface area contributed by atoms with Crippen LogP contribution in [0.2, 0.25) is 0 Å². The molecule has 1 atom stereocenters. The number of rotatable bonds is 3. The lowest BCUT2D eigenvalue weighted by Crippen LogP contribution is -2.51. The molecule has 0 saturated carbocycles. The highest BCUT2D eigenvalue weighted by Crippen LogP contribution is 2.30. The number of hydrogen-bond acceptors (Lipinski definition) is 4. The number of para-hydroxylation sites is 2. The SMILES string of the molecule is CC(C)CC(=O)NNC(=O)C1COc2ccccc2O1. The minimum absolute atomic E-state index is 0.114. The number of hydrogen-bond donors (Lipinski definition) is 2. The van der Waals surface area contributed by atoms with E-state index in [4.69, 9.17) is 9.47 Å². The van der Waals surface area contributed by atoms with Gasteiger partial charge in [0.15, 0.2) is 11.5 Å². The van der Waals surface area contributed by atoms with Crippen molar-refractivity contribution in [1.29, 1.82) is 0 Å². The van der Waals surface area contributed by atoms with E-state index in [1.807, 2.05) is 19.9 Å². The summed E-state index contributed by atoms with van der Waals surface area (Å²) in [5.74, 6) is 0.697. The molecule has 0 aliphatic carbocycles. The second-order valence-electron chi connectivity index (χ2n) is 5.00. The molecule has 0 fully saturated rings. The van der Waals surface area contributed by atoms with Crippen LogP contribution in [0.25, 0.3) is 0 Å². The minimum Gasteiger partial charge on any atom is -0.485 e. The standard InChI is InChI=1S/C14H18N2O4/c1-9(2)7-13(17)15-16-14(18)12-8-19-10-5-3-4-6-11(10)20-12/h3-6,9,12H,7-8H2,1-2H3,(H,15,17)(H,16,18). The molecule has 0 radical (unpaired) electrons. The third kappa shape index (κ3) is 3.63. The van der Waals surface area contributed by atoms with Crippen molar-refractivity contribution >= 4 is 11.8 Å². The molecule has 2 rings (SSSR count). The Morgan fingerprint density at radius 3 is 2.65 bits per heavy atom. The van der Waals surface area contributed by atoms with Gasteiger partial charge in [-0.15, -0.1) is 0 Å². The number of nitrogens with one attached hydrogen (secondary N) is 2. The van der Waals surface area contributed by atoms with Gasteiger partial charge in [0.05, 0.1) is 0 Å². The molecule has 0 spiro atoms. The van der Waals surface area contributed by atoms with Crippen LogP contribution in [-0.2, 0) is 9.59 Å². The highest BCUT2D eigenvalue weighted by Gasteiger charge is 2.27. The number of carbonyl (C=O) groups excluding carboxylic acids is 2. The molecule has 20 heavy (non-hydrogen) atoms. The van der Waals surface area contributed by atoms with Crippen LogP contribution in [0.3, 0.4) is 0 Å². The number of benzene rings is 1. The van der Waals surface area contributed by atoms with Crippen molar-refractivity contribution in [3.63, 3.8) is 0 Å². The predicted octanol–water partition coefficient (Wildman–Crippen LogP) is 1.02. The Bertz CT molecular complexity index is 502. The summed E-state index contributed by atoms with van der Waals surface area (Å²) in [5, 5.41) is 0. The van der Waals surface area contributed by atoms with Gasteiger partial charge in [-0.1, -0.05) is 26.0 Å². The van der Waals surface area contributed by atoms with Gasteiger partial charge in [0.2, 0.25) is 12.0 Å². The fourth-order valence-corrected chi connectivity index (χ4v) is 1.78. The highest BCUT2D eigenvalue weighted by atomic mass is 16.6. The van der Waals surface area contributed by atoms with E-state index in [0.29, 0.717) is 17.9 Å². The molecular weight excluding hydrogens is 260 g/mol. The molecule has 1 aromatic carbocycles. The third-order valence-corrected chi connectivity index (χ3v) is 2.72. The molecule has 0 bridgehead atoms. The molecule has 0 saturated heterocycles. The fraction of sp³-hybridized carbons (Fsp3) is 0.429. The Labute approximate surface area is 117 Å². The number of amides is 2. The number of ether oxygens (including phenoxy) is 2. The Hall–Kier alpha value is -2.24. The van der Waals surface area contributed by atoms with Gasteiger partial charge < -0.3 is 9.47 Å². The quantitative estimate of drug-likeness (QED) is 0.809. The van der Waals surface area contributed by atoms with Gasteiger partial charge in [-0.25, -0.2) is 0 Å². The topological polar surface area (TPSA) is 76.7 Å². The normalized spacial score (nSPS) is 16.6. The zero-order chi connectivity index (χ0) is 14.5. The van der Waals surface area contributed by atoms with Crippen molar-refractivity contribution in [2.45, 2.75) is 26.4 Å². The number of hydrazine groups is 1. The molecule has 1 aliphatic heterocycles. The van der Waals surface area contributed by atoms with E-state index in [2.05, 4.69) is 10.9 Å². The maximum atomic E-state index is 11.9. The van der Waals surface area contributed by atoms with E-state index in [0.717, 1.165) is 0 Å². The van der Waals surface area contributed by atoms with Crippen LogP contribution < -0.4 is 20.3 Å². The van der Waals surface area contributed by atoms with Gasteiger partial charge in [0.25, 0.3) is 5.91 Å². The number of fused-ring (bicyclic) bond motifs is 1. The summed E-state index contributed by atoms with van der Waals surface area (Å²) >= 11 is 0. The molecule has 6 heteroatoms. The first-order valence-electron chi connectivity index (χ1n) is 6.53. The van der Waals surface area contributed by atoms with E-state index >= 15 is 0 Å². The summed E-state index contributed by atoms with van der Waals surface area (Å²) < 4.78 is 10.9. The monoisotopic (exact) mass is 278 g/mol. The Kier molecular flexibility index (Phi) is 4.45. The van der Waals surface area contributed by atoms with E-state index in [-0.39, 0.29) is 18.4 Å². The summed E-state index contributed by atoms with van der Waals surface area (Å²) in [4.78, 5) is 23.3. The summed E-state index contributed by atoms with van der Waals surface area (Å²) in [6.07, 6.45) is -0.422. The molecule has 1 aliphatic rings. The lowest BCUT2D eigenvalue weighted by Gasteiger charge is -2.25. The molecule has 1 aromatic rings. The first-order chi connectivity index (χ1) is 9.56. The van der Waals surface area contributed by atoms with Gasteiger partial charge in [0.1, 0.15) is 6.61 Å². The lowest BCUT2D eigenvalue weighted by atomic mass is 10.1. The minimum atomic E-state index is -0.774. The van der Waals surface area contributed by atoms with Crippen molar-refractivity contribution in [2.75, 3.05) is 6.61 Å². The maximum Gasteiger partial charge on any atom is 0.283 e. The third-order valence-electron chi connectivity index (χ3n) is 2.72. The lowest BCUT2D eigenvalue weighted by molar-refractivity contribution is -0.135. The van der Waals surface area contributed by atoms with E-state index < -0.39 is 12.0 Å². The van der Waals surface area contributed by atoms with Gasteiger partial charge in [-0.2, -0.15) is 0 Å². The molecule has 2 N–H and O–H groups in total. The fourth-order valence-electron chi connectivity index (χ4n) is 1.78. The summed E-state index contributed by atoms with van der Waals surface area (Å²) in [6.45, 7) is 3.97. The van der Waals surface area contributed by atoms with Crippen molar-refractivity contribution in [2.24, 2.45) is 5.92 Å². The van der Waals surface area contributed by atoms with E-state index in [9.17, 15) is 9.59 Å². The zero-order valence-corrected chi connectivity index (χ0v) is 11.5. The van der Waals surface area contributed by atoms with Crippen molar-refractivity contribution in [3.05, 3.63) is 24.3 Å². The van der Waals surface area contributed by atoms with Crippen LogP contribution in [0.4, 0.5) is 0 Å². The average Bonchev–Trinajstić information content (AvgIpc) is 2.43. The van der Waals surface area contributed by atoms with E-state index in [1.165, 1.54) is 0 Å². The van der Waals surface area contributed by atoms with Crippen LogP contribution in [0.15, 0.2) is 24.3 Å². The Morgan fingerprint density at radius 1 is 1.25 bits per heavy atom. The highest BCUT2D eigenvalue weighted by molar-refractivity contribution is 5.85. The molecule has 2 amide bonds. The smallest absolute Gasteiger partial charge is 0.283 e. The molecule has 108 valence electrons. The van der Waals surface area contributed by atoms with E-state index in [1.54, 1.807) is 18.2 Å². The van der Waals surface area contributed by atoms with Gasteiger partial charge >= 0.3 is 0 Å². The second-order valence-corrected chi connectivity index (χ2v) is 5.00. The van der Waals surface area contributed by atoms with Gasteiger partial charge in [-0.3, -0.25) is 20.4 Å². The maximum absolute atomic E-state index is 11.9. The van der Waals surface area contributed by atoms with Crippen molar-refractivity contribution in [3.8, 4) is 11.5 Å². The second kappa shape index (κ2) is 6.27. The summed E-state index contributed by atoms with van der Waals surface area (Å²) in [5.41, 5.74) is 4.71. The zero-order valence-electron chi connectivity index (χ0n) is 11.5. The predicted molar refractivity (Wildman–Crippen MR) is 72.1 cm³/mol. The molecule has 6 nitrogen and oxygen atoms in total. The van der Waals surface area contributed by atoms with Crippen LogP contribution in [0, 0.1) is 5.92 Å².